The van der Waals surface area contributed by atoms with E-state index in [9.17, 15) is 0 Å². The van der Waals surface area contributed by atoms with E-state index in [-0.39, 0.29) is 11.5 Å². The van der Waals surface area contributed by atoms with Crippen LogP contribution in [0.2, 0.25) is 5.02 Å². The fourth-order valence-electron chi connectivity index (χ4n) is 1.91. The normalized spacial score (nSPS) is 27.9. The Morgan fingerprint density at radius 2 is 1.93 bits per heavy atom. The zero-order valence-corrected chi connectivity index (χ0v) is 10.1. The highest BCUT2D eigenvalue weighted by molar-refractivity contribution is 6.30. The lowest BCUT2D eigenvalue weighted by Gasteiger charge is -2.17. The number of hydrogen-bond donors (Lipinski definition) is 0. The lowest BCUT2D eigenvalue weighted by molar-refractivity contribution is 0.0533. The minimum absolute atomic E-state index is 0.0628. The summed E-state index contributed by atoms with van der Waals surface area (Å²) in [6, 6.07) is 7.66. The number of benzene rings is 1. The molecule has 0 aliphatic carbocycles. The van der Waals surface area contributed by atoms with Crippen molar-refractivity contribution in [1.29, 1.82) is 0 Å². The number of rotatable bonds is 2. The van der Waals surface area contributed by atoms with Crippen molar-refractivity contribution in [2.75, 3.05) is 0 Å². The summed E-state index contributed by atoms with van der Waals surface area (Å²) < 4.78 is 5.74. The Bertz CT molecular complexity index is 323. The van der Waals surface area contributed by atoms with E-state index in [0.29, 0.717) is 6.10 Å². The predicted molar refractivity (Wildman–Crippen MR) is 63.6 cm³/mol. The lowest BCUT2D eigenvalue weighted by Crippen LogP contribution is -2.14. The van der Waals surface area contributed by atoms with Crippen molar-refractivity contribution in [2.24, 2.45) is 0 Å². The minimum Gasteiger partial charge on any atom is -0.373 e. The Balaban J connectivity index is 2.07. The third-order valence-electron chi connectivity index (χ3n) is 2.78. The fraction of sp³-hybridized carbons (Fsp3) is 0.500. The van der Waals surface area contributed by atoms with Crippen LogP contribution < -0.4 is 0 Å². The van der Waals surface area contributed by atoms with Crippen LogP contribution in [0.4, 0.5) is 0 Å². The third-order valence-corrected chi connectivity index (χ3v) is 3.56. The molecule has 0 bridgehead atoms. The molecule has 15 heavy (non-hydrogen) atoms. The van der Waals surface area contributed by atoms with Gasteiger partial charge in [0.1, 0.15) is 0 Å². The molecule has 0 radical (unpaired) electrons. The quantitative estimate of drug-likeness (QED) is 0.710. The SMILES string of the molecule is CC1CCC(C(Cl)c2ccc(Cl)cc2)O1. The van der Waals surface area contributed by atoms with Gasteiger partial charge in [0.05, 0.1) is 17.6 Å². The van der Waals surface area contributed by atoms with Crippen LogP contribution in [0.5, 0.6) is 0 Å². The molecule has 3 heteroatoms. The number of ether oxygens (including phenoxy) is 1. The van der Waals surface area contributed by atoms with Gasteiger partial charge in [0.25, 0.3) is 0 Å². The molecule has 1 aliphatic rings. The fourth-order valence-corrected chi connectivity index (χ4v) is 2.37. The van der Waals surface area contributed by atoms with Crippen molar-refractivity contribution in [2.45, 2.75) is 37.4 Å². The Morgan fingerprint density at radius 3 is 2.47 bits per heavy atom. The van der Waals surface area contributed by atoms with Crippen molar-refractivity contribution in [3.05, 3.63) is 34.9 Å². The Morgan fingerprint density at radius 1 is 1.27 bits per heavy atom. The largest absolute Gasteiger partial charge is 0.373 e. The average molecular weight is 245 g/mol. The van der Waals surface area contributed by atoms with Gasteiger partial charge in [-0.1, -0.05) is 23.7 Å². The number of alkyl halides is 1. The van der Waals surface area contributed by atoms with Gasteiger partial charge in [0, 0.05) is 5.02 Å². The first-order valence-corrected chi connectivity index (χ1v) is 6.03. The zero-order valence-electron chi connectivity index (χ0n) is 8.62. The molecule has 0 aromatic heterocycles. The van der Waals surface area contributed by atoms with E-state index in [2.05, 4.69) is 6.92 Å². The van der Waals surface area contributed by atoms with Gasteiger partial charge in [-0.3, -0.25) is 0 Å². The second-order valence-electron chi connectivity index (χ2n) is 4.02. The molecule has 1 fully saturated rings. The standard InChI is InChI=1S/C12H14Cl2O/c1-8-2-7-11(15-8)12(14)9-3-5-10(13)6-4-9/h3-6,8,11-12H,2,7H2,1H3. The van der Waals surface area contributed by atoms with Gasteiger partial charge in [0.2, 0.25) is 0 Å². The van der Waals surface area contributed by atoms with E-state index in [4.69, 9.17) is 27.9 Å². The maximum atomic E-state index is 6.36. The van der Waals surface area contributed by atoms with Crippen molar-refractivity contribution < 1.29 is 4.74 Å². The summed E-state index contributed by atoms with van der Waals surface area (Å²) in [7, 11) is 0. The molecule has 0 saturated carbocycles. The van der Waals surface area contributed by atoms with E-state index >= 15 is 0 Å². The molecule has 1 heterocycles. The Labute approximate surface area is 100 Å². The van der Waals surface area contributed by atoms with E-state index in [1.54, 1.807) is 0 Å². The molecule has 0 N–H and O–H groups in total. The highest BCUT2D eigenvalue weighted by Crippen LogP contribution is 2.34. The van der Waals surface area contributed by atoms with Crippen LogP contribution in [0.25, 0.3) is 0 Å². The van der Waals surface area contributed by atoms with Gasteiger partial charge >= 0.3 is 0 Å². The molecule has 0 amide bonds. The van der Waals surface area contributed by atoms with Crippen LogP contribution >= 0.6 is 23.2 Å². The third kappa shape index (κ3) is 2.66. The minimum atomic E-state index is -0.0628. The second kappa shape index (κ2) is 4.73. The maximum absolute atomic E-state index is 6.36. The molecule has 3 atom stereocenters. The highest BCUT2D eigenvalue weighted by Gasteiger charge is 2.29. The van der Waals surface area contributed by atoms with Crippen LogP contribution in [0, 0.1) is 0 Å². The Kier molecular flexibility index (Phi) is 3.55. The maximum Gasteiger partial charge on any atom is 0.0847 e. The molecule has 2 rings (SSSR count). The Hall–Kier alpha value is -0.240. The first-order valence-electron chi connectivity index (χ1n) is 5.22. The molecular formula is C12H14Cl2O. The van der Waals surface area contributed by atoms with Gasteiger partial charge < -0.3 is 4.74 Å². The van der Waals surface area contributed by atoms with Crippen LogP contribution in [-0.4, -0.2) is 12.2 Å². The molecular weight excluding hydrogens is 231 g/mol. The van der Waals surface area contributed by atoms with Crippen LogP contribution in [0.15, 0.2) is 24.3 Å². The summed E-state index contributed by atoms with van der Waals surface area (Å²) in [6.07, 6.45) is 2.62. The summed E-state index contributed by atoms with van der Waals surface area (Å²) >= 11 is 12.2. The molecule has 0 spiro atoms. The smallest absolute Gasteiger partial charge is 0.0847 e. The predicted octanol–water partition coefficient (Wildman–Crippen LogP) is 4.19. The summed E-state index contributed by atoms with van der Waals surface area (Å²) in [5.41, 5.74) is 1.08. The van der Waals surface area contributed by atoms with Crippen LogP contribution in [0.3, 0.4) is 0 Å². The van der Waals surface area contributed by atoms with E-state index in [1.165, 1.54) is 0 Å². The van der Waals surface area contributed by atoms with Crippen molar-refractivity contribution in [1.82, 2.24) is 0 Å². The van der Waals surface area contributed by atoms with E-state index in [1.807, 2.05) is 24.3 Å². The summed E-state index contributed by atoms with van der Waals surface area (Å²) in [4.78, 5) is 0. The van der Waals surface area contributed by atoms with Crippen molar-refractivity contribution in [3.8, 4) is 0 Å². The topological polar surface area (TPSA) is 9.23 Å². The van der Waals surface area contributed by atoms with Gasteiger partial charge in [-0.05, 0) is 37.5 Å². The summed E-state index contributed by atoms with van der Waals surface area (Å²) in [5.74, 6) is 0. The van der Waals surface area contributed by atoms with Gasteiger partial charge in [-0.25, -0.2) is 0 Å². The van der Waals surface area contributed by atoms with E-state index < -0.39 is 0 Å². The highest BCUT2D eigenvalue weighted by atomic mass is 35.5. The molecule has 1 nitrogen and oxygen atoms in total. The van der Waals surface area contributed by atoms with Gasteiger partial charge in [-0.15, -0.1) is 11.6 Å². The van der Waals surface area contributed by atoms with Gasteiger partial charge in [-0.2, -0.15) is 0 Å². The van der Waals surface area contributed by atoms with Crippen molar-refractivity contribution in [3.63, 3.8) is 0 Å². The van der Waals surface area contributed by atoms with E-state index in [0.717, 1.165) is 23.4 Å². The number of hydrogen-bond acceptors (Lipinski definition) is 1. The summed E-state index contributed by atoms with van der Waals surface area (Å²) in [5, 5.41) is 0.676. The molecule has 1 aromatic rings. The first-order chi connectivity index (χ1) is 7.16. The van der Waals surface area contributed by atoms with Crippen molar-refractivity contribution >= 4 is 23.2 Å². The van der Waals surface area contributed by atoms with Crippen LogP contribution in [-0.2, 0) is 4.74 Å². The van der Waals surface area contributed by atoms with Gasteiger partial charge in [0.15, 0.2) is 0 Å². The first kappa shape index (κ1) is 11.3. The molecule has 1 aliphatic heterocycles. The molecule has 1 aromatic carbocycles. The zero-order chi connectivity index (χ0) is 10.8. The summed E-state index contributed by atoms with van der Waals surface area (Å²) in [6.45, 7) is 2.09. The lowest BCUT2D eigenvalue weighted by atomic mass is 10.1. The second-order valence-corrected chi connectivity index (χ2v) is 4.92. The average Bonchev–Trinajstić information content (AvgIpc) is 2.65. The molecule has 3 unspecified atom stereocenters. The monoisotopic (exact) mass is 244 g/mol. The molecule has 1 saturated heterocycles. The number of halogens is 2. The van der Waals surface area contributed by atoms with Crippen LogP contribution in [0.1, 0.15) is 30.7 Å². The molecule has 82 valence electrons.